The molecule has 2 saturated heterocycles. The molecule has 3 fully saturated rings. The topological polar surface area (TPSA) is 96.8 Å². The summed E-state index contributed by atoms with van der Waals surface area (Å²) < 4.78 is 68.3. The number of nitriles is 1. The first-order valence-corrected chi connectivity index (χ1v) is 12.6. The quantitative estimate of drug-likeness (QED) is 0.670. The van der Waals surface area contributed by atoms with Gasteiger partial charge in [-0.25, -0.2) is 0 Å². The number of halogens is 3. The minimum Gasteiger partial charge on any atom is -0.371 e. The monoisotopic (exact) mass is 499 g/mol. The Morgan fingerprint density at radius 3 is 2.41 bits per heavy atom. The Morgan fingerprint density at radius 2 is 1.88 bits per heavy atom. The van der Waals surface area contributed by atoms with Crippen LogP contribution in [-0.4, -0.2) is 69.3 Å². The molecule has 1 aliphatic carbocycles. The van der Waals surface area contributed by atoms with Crippen molar-refractivity contribution in [3.63, 3.8) is 0 Å². The maximum Gasteiger partial charge on any atom is 0.417 e. The zero-order valence-corrected chi connectivity index (χ0v) is 19.9. The predicted octanol–water partition coefficient (Wildman–Crippen LogP) is 2.18. The van der Waals surface area contributed by atoms with E-state index in [4.69, 9.17) is 5.26 Å². The fourth-order valence-electron chi connectivity index (χ4n) is 5.00. The molecule has 2 aliphatic heterocycles. The number of benzene rings is 1. The highest BCUT2D eigenvalue weighted by molar-refractivity contribution is 7.86. The first-order chi connectivity index (χ1) is 15.9. The minimum atomic E-state index is -4.64. The first-order valence-electron chi connectivity index (χ1n) is 11.2. The fraction of sp³-hybridized carbons (Fsp3) is 0.636. The van der Waals surface area contributed by atoms with Crippen molar-refractivity contribution in [1.29, 1.82) is 5.26 Å². The number of nitrogens with one attached hydrogen (secondary N) is 1. The molecule has 1 aromatic rings. The van der Waals surface area contributed by atoms with E-state index in [0.717, 1.165) is 23.2 Å². The number of rotatable bonds is 5. The third-order valence-corrected chi connectivity index (χ3v) is 9.05. The third-order valence-electron chi connectivity index (χ3n) is 7.20. The van der Waals surface area contributed by atoms with Gasteiger partial charge in [-0.1, -0.05) is 0 Å². The second-order valence-electron chi connectivity index (χ2n) is 9.61. The van der Waals surface area contributed by atoms with Crippen molar-refractivity contribution in [2.75, 3.05) is 45.2 Å². The van der Waals surface area contributed by atoms with E-state index in [9.17, 15) is 26.4 Å². The number of hydrogen-bond donors (Lipinski definition) is 1. The Balaban J connectivity index is 1.57. The van der Waals surface area contributed by atoms with Crippen molar-refractivity contribution in [2.45, 2.75) is 37.9 Å². The standard InChI is InChI=1S/C22H28F3N5O3S/c1-28(2)34(32,33)30-13-19(20(31)27-16-4-5-16)21(14-30)7-9-29(10-8-21)17-6-3-15(12-26)18(11-17)22(23,24)25/h3,6,11,16,19H,4-5,7-10,13-14H2,1-2H3,(H,27,31). The summed E-state index contributed by atoms with van der Waals surface area (Å²) in [7, 11) is -0.810. The molecule has 1 amide bonds. The fourth-order valence-corrected chi connectivity index (χ4v) is 6.22. The lowest BCUT2D eigenvalue weighted by molar-refractivity contribution is -0.137. The van der Waals surface area contributed by atoms with E-state index in [1.54, 1.807) is 11.0 Å². The summed E-state index contributed by atoms with van der Waals surface area (Å²) in [5, 5.41) is 12.0. The molecule has 4 rings (SSSR count). The van der Waals surface area contributed by atoms with Gasteiger partial charge in [0.1, 0.15) is 0 Å². The maximum absolute atomic E-state index is 13.4. The predicted molar refractivity (Wildman–Crippen MR) is 119 cm³/mol. The van der Waals surface area contributed by atoms with Crippen molar-refractivity contribution >= 4 is 21.8 Å². The molecule has 1 N–H and O–H groups in total. The van der Waals surface area contributed by atoms with Gasteiger partial charge in [0.2, 0.25) is 5.91 Å². The van der Waals surface area contributed by atoms with Crippen LogP contribution in [0.1, 0.15) is 36.8 Å². The van der Waals surface area contributed by atoms with Gasteiger partial charge in [0, 0.05) is 57.4 Å². The third kappa shape index (κ3) is 4.61. The highest BCUT2D eigenvalue weighted by Gasteiger charge is 2.54. The Labute approximate surface area is 197 Å². The van der Waals surface area contributed by atoms with E-state index in [2.05, 4.69) is 5.32 Å². The van der Waals surface area contributed by atoms with Crippen molar-refractivity contribution in [2.24, 2.45) is 11.3 Å². The largest absolute Gasteiger partial charge is 0.417 e. The number of carbonyl (C=O) groups is 1. The summed E-state index contributed by atoms with van der Waals surface area (Å²) >= 11 is 0. The maximum atomic E-state index is 13.4. The Kier molecular flexibility index (Phi) is 6.33. The van der Waals surface area contributed by atoms with Gasteiger partial charge in [0.05, 0.1) is 23.1 Å². The molecule has 3 aliphatic rings. The van der Waals surface area contributed by atoms with Crippen LogP contribution < -0.4 is 10.2 Å². The van der Waals surface area contributed by atoms with Gasteiger partial charge in [-0.3, -0.25) is 4.79 Å². The average molecular weight is 500 g/mol. The normalized spacial score (nSPS) is 23.3. The second-order valence-corrected chi connectivity index (χ2v) is 11.7. The molecule has 8 nitrogen and oxygen atoms in total. The molecule has 1 unspecified atom stereocenters. The number of hydrogen-bond acceptors (Lipinski definition) is 5. The molecule has 1 aromatic carbocycles. The van der Waals surface area contributed by atoms with Gasteiger partial charge in [0.15, 0.2) is 0 Å². The van der Waals surface area contributed by atoms with E-state index in [-0.39, 0.29) is 25.0 Å². The van der Waals surface area contributed by atoms with Gasteiger partial charge < -0.3 is 10.2 Å². The number of nitrogens with zero attached hydrogens (tertiary/aromatic N) is 4. The molecule has 1 atom stereocenters. The van der Waals surface area contributed by atoms with Crippen LogP contribution in [0, 0.1) is 22.7 Å². The van der Waals surface area contributed by atoms with Crippen molar-refractivity contribution in [3.8, 4) is 6.07 Å². The Bertz CT molecular complexity index is 1100. The second kappa shape index (κ2) is 8.70. The molecule has 1 saturated carbocycles. The van der Waals surface area contributed by atoms with Crippen molar-refractivity contribution in [1.82, 2.24) is 13.9 Å². The molecule has 12 heteroatoms. The van der Waals surface area contributed by atoms with Gasteiger partial charge in [-0.15, -0.1) is 0 Å². The summed E-state index contributed by atoms with van der Waals surface area (Å²) in [6.07, 6.45) is -1.87. The SMILES string of the molecule is CN(C)S(=O)(=O)N1CC(C(=O)NC2CC2)C2(CCN(c3ccc(C#N)c(C(F)(F)F)c3)CC2)C1. The van der Waals surface area contributed by atoms with Crippen LogP contribution in [0.25, 0.3) is 0 Å². The lowest BCUT2D eigenvalue weighted by Crippen LogP contribution is -2.49. The molecular formula is C22H28F3N5O3S. The molecule has 0 aromatic heterocycles. The minimum absolute atomic E-state index is 0.0914. The first kappa shape index (κ1) is 24.8. The lowest BCUT2D eigenvalue weighted by Gasteiger charge is -2.43. The Hall–Kier alpha value is -2.36. The number of piperidine rings is 1. The lowest BCUT2D eigenvalue weighted by atomic mass is 9.70. The van der Waals surface area contributed by atoms with Crippen molar-refractivity contribution < 1.29 is 26.4 Å². The van der Waals surface area contributed by atoms with E-state index in [1.165, 1.54) is 30.5 Å². The number of anilines is 1. The van der Waals surface area contributed by atoms with E-state index < -0.39 is 38.8 Å². The Morgan fingerprint density at radius 1 is 1.24 bits per heavy atom. The number of carbonyl (C=O) groups excluding carboxylic acids is 1. The van der Waals surface area contributed by atoms with Crippen LogP contribution in [0.5, 0.6) is 0 Å². The molecule has 2 heterocycles. The molecule has 186 valence electrons. The van der Waals surface area contributed by atoms with Crippen LogP contribution in [0.4, 0.5) is 18.9 Å². The zero-order valence-electron chi connectivity index (χ0n) is 19.1. The summed E-state index contributed by atoms with van der Waals surface area (Å²) in [5.74, 6) is -0.665. The van der Waals surface area contributed by atoms with Crippen molar-refractivity contribution in [3.05, 3.63) is 29.3 Å². The van der Waals surface area contributed by atoms with Crippen LogP contribution in [0.15, 0.2) is 18.2 Å². The van der Waals surface area contributed by atoms with Gasteiger partial charge in [-0.2, -0.15) is 35.5 Å². The number of alkyl halides is 3. The van der Waals surface area contributed by atoms with E-state index in [0.29, 0.717) is 31.6 Å². The molecule has 34 heavy (non-hydrogen) atoms. The smallest absolute Gasteiger partial charge is 0.371 e. The molecular weight excluding hydrogens is 471 g/mol. The summed E-state index contributed by atoms with van der Waals surface area (Å²) in [6.45, 7) is 1.05. The molecule has 0 radical (unpaired) electrons. The zero-order chi connectivity index (χ0) is 24.9. The number of amides is 1. The summed E-state index contributed by atoms with van der Waals surface area (Å²) in [6, 6.07) is 5.40. The van der Waals surface area contributed by atoms with Crippen LogP contribution in [0.2, 0.25) is 0 Å². The molecule has 1 spiro atoms. The highest BCUT2D eigenvalue weighted by atomic mass is 32.2. The van der Waals surface area contributed by atoms with Crippen LogP contribution >= 0.6 is 0 Å². The van der Waals surface area contributed by atoms with Crippen LogP contribution in [0.3, 0.4) is 0 Å². The van der Waals surface area contributed by atoms with E-state index in [1.807, 2.05) is 0 Å². The highest BCUT2D eigenvalue weighted by Crippen LogP contribution is 2.47. The average Bonchev–Trinajstić information content (AvgIpc) is 3.51. The van der Waals surface area contributed by atoms with E-state index >= 15 is 0 Å². The van der Waals surface area contributed by atoms with Crippen LogP contribution in [-0.2, 0) is 21.2 Å². The van der Waals surface area contributed by atoms with Gasteiger partial charge >= 0.3 is 6.18 Å². The van der Waals surface area contributed by atoms with Gasteiger partial charge in [-0.05, 0) is 43.9 Å². The van der Waals surface area contributed by atoms with Gasteiger partial charge in [0.25, 0.3) is 10.2 Å². The molecule has 0 bridgehead atoms. The summed E-state index contributed by atoms with van der Waals surface area (Å²) in [4.78, 5) is 14.9. The summed E-state index contributed by atoms with van der Waals surface area (Å²) in [5.41, 5.74) is -1.63.